The molecule has 0 saturated heterocycles. The van der Waals surface area contributed by atoms with E-state index in [0.717, 1.165) is 24.6 Å². The van der Waals surface area contributed by atoms with Crippen molar-refractivity contribution in [3.63, 3.8) is 0 Å². The lowest BCUT2D eigenvalue weighted by Crippen LogP contribution is -2.17. The molecule has 0 radical (unpaired) electrons. The van der Waals surface area contributed by atoms with E-state index in [-0.39, 0.29) is 6.61 Å². The van der Waals surface area contributed by atoms with Crippen LogP contribution < -0.4 is 10.6 Å². The molecule has 88 valence electrons. The molecule has 1 aliphatic rings. The summed E-state index contributed by atoms with van der Waals surface area (Å²) in [7, 11) is 1.82. The highest BCUT2D eigenvalue weighted by atomic mass is 16.3. The summed E-state index contributed by atoms with van der Waals surface area (Å²) in [5.74, 6) is 1.55. The molecule has 0 unspecified atom stereocenters. The monoisotopic (exact) mass is 222 g/mol. The largest absolute Gasteiger partial charge is 0.396 e. The SMILES string of the molecule is CNc1cncc(NCC2(CCO)CC2)n1. The van der Waals surface area contributed by atoms with E-state index in [4.69, 9.17) is 5.11 Å². The lowest BCUT2D eigenvalue weighted by Gasteiger charge is -2.14. The molecule has 1 aromatic heterocycles. The van der Waals surface area contributed by atoms with Gasteiger partial charge in [-0.2, -0.15) is 0 Å². The van der Waals surface area contributed by atoms with Gasteiger partial charge in [0.2, 0.25) is 0 Å². The van der Waals surface area contributed by atoms with Crippen molar-refractivity contribution in [2.24, 2.45) is 5.41 Å². The van der Waals surface area contributed by atoms with Gasteiger partial charge in [-0.1, -0.05) is 0 Å². The third-order valence-electron chi connectivity index (χ3n) is 3.13. The number of aliphatic hydroxyl groups excluding tert-OH is 1. The van der Waals surface area contributed by atoms with Gasteiger partial charge in [-0.05, 0) is 24.7 Å². The van der Waals surface area contributed by atoms with Crippen molar-refractivity contribution in [3.8, 4) is 0 Å². The fourth-order valence-corrected chi connectivity index (χ4v) is 1.78. The molecular formula is C11H18N4O. The standard InChI is InChI=1S/C11H18N4O/c1-12-9-6-13-7-10(15-9)14-8-11(2-3-11)4-5-16/h6-7,16H,2-5,8H2,1H3,(H2,12,14,15). The van der Waals surface area contributed by atoms with Gasteiger partial charge < -0.3 is 15.7 Å². The Kier molecular flexibility index (Phi) is 3.24. The molecule has 1 heterocycles. The van der Waals surface area contributed by atoms with Gasteiger partial charge in [-0.15, -0.1) is 0 Å². The average Bonchev–Trinajstić information content (AvgIpc) is 3.08. The van der Waals surface area contributed by atoms with E-state index in [1.165, 1.54) is 12.8 Å². The molecule has 1 fully saturated rings. The predicted molar refractivity (Wildman–Crippen MR) is 63.4 cm³/mol. The molecule has 0 bridgehead atoms. The minimum atomic E-state index is 0.268. The molecule has 0 aromatic carbocycles. The molecule has 0 atom stereocenters. The maximum atomic E-state index is 8.96. The number of aromatic nitrogens is 2. The maximum absolute atomic E-state index is 8.96. The molecule has 0 spiro atoms. The first-order chi connectivity index (χ1) is 7.78. The summed E-state index contributed by atoms with van der Waals surface area (Å²) < 4.78 is 0. The number of anilines is 2. The highest BCUT2D eigenvalue weighted by molar-refractivity contribution is 5.41. The maximum Gasteiger partial charge on any atom is 0.146 e. The Morgan fingerprint density at radius 3 is 2.75 bits per heavy atom. The zero-order valence-electron chi connectivity index (χ0n) is 9.53. The first kappa shape index (κ1) is 11.1. The van der Waals surface area contributed by atoms with Crippen LogP contribution in [0.3, 0.4) is 0 Å². The first-order valence-corrected chi connectivity index (χ1v) is 5.62. The highest BCUT2D eigenvalue weighted by Crippen LogP contribution is 2.48. The second-order valence-corrected chi connectivity index (χ2v) is 4.37. The van der Waals surface area contributed by atoms with Crippen molar-refractivity contribution in [2.75, 3.05) is 30.8 Å². The predicted octanol–water partition coefficient (Wildman–Crippen LogP) is 1.09. The van der Waals surface area contributed by atoms with Crippen LogP contribution in [0.15, 0.2) is 12.4 Å². The molecule has 5 nitrogen and oxygen atoms in total. The molecule has 3 N–H and O–H groups in total. The summed E-state index contributed by atoms with van der Waals surface area (Å²) in [5, 5.41) is 15.2. The number of nitrogens with one attached hydrogen (secondary N) is 2. The van der Waals surface area contributed by atoms with Crippen LogP contribution in [-0.2, 0) is 0 Å². The third-order valence-corrected chi connectivity index (χ3v) is 3.13. The first-order valence-electron chi connectivity index (χ1n) is 5.62. The normalized spacial score (nSPS) is 16.9. The van der Waals surface area contributed by atoms with Gasteiger partial charge in [0.05, 0.1) is 12.4 Å². The van der Waals surface area contributed by atoms with Crippen LogP contribution in [0.2, 0.25) is 0 Å². The number of hydrogen-bond donors (Lipinski definition) is 3. The second kappa shape index (κ2) is 4.65. The Labute approximate surface area is 95.3 Å². The van der Waals surface area contributed by atoms with Crippen molar-refractivity contribution >= 4 is 11.6 Å². The van der Waals surface area contributed by atoms with Crippen molar-refractivity contribution in [1.29, 1.82) is 0 Å². The Morgan fingerprint density at radius 1 is 1.38 bits per heavy atom. The minimum absolute atomic E-state index is 0.268. The van der Waals surface area contributed by atoms with E-state index < -0.39 is 0 Å². The summed E-state index contributed by atoms with van der Waals surface area (Å²) in [4.78, 5) is 8.42. The van der Waals surface area contributed by atoms with Gasteiger partial charge in [-0.25, -0.2) is 4.98 Å². The zero-order chi connectivity index (χ0) is 11.4. The van der Waals surface area contributed by atoms with E-state index in [9.17, 15) is 0 Å². The second-order valence-electron chi connectivity index (χ2n) is 4.37. The van der Waals surface area contributed by atoms with Crippen LogP contribution in [-0.4, -0.2) is 35.3 Å². The van der Waals surface area contributed by atoms with E-state index in [0.29, 0.717) is 5.41 Å². The lowest BCUT2D eigenvalue weighted by atomic mass is 10.0. The molecule has 1 aliphatic carbocycles. The van der Waals surface area contributed by atoms with E-state index in [1.54, 1.807) is 12.4 Å². The Balaban J connectivity index is 1.89. The Hall–Kier alpha value is -1.36. The molecule has 16 heavy (non-hydrogen) atoms. The van der Waals surface area contributed by atoms with E-state index in [1.807, 2.05) is 7.05 Å². The van der Waals surface area contributed by atoms with Crippen LogP contribution in [0.25, 0.3) is 0 Å². The Bertz CT molecular complexity index is 352. The van der Waals surface area contributed by atoms with Gasteiger partial charge in [0.15, 0.2) is 0 Å². The molecule has 5 heteroatoms. The van der Waals surface area contributed by atoms with Crippen molar-refractivity contribution in [1.82, 2.24) is 9.97 Å². The summed E-state index contributed by atoms with van der Waals surface area (Å²) >= 11 is 0. The van der Waals surface area contributed by atoms with Gasteiger partial charge >= 0.3 is 0 Å². The van der Waals surface area contributed by atoms with Crippen LogP contribution >= 0.6 is 0 Å². The van der Waals surface area contributed by atoms with Crippen LogP contribution in [0.1, 0.15) is 19.3 Å². The summed E-state index contributed by atoms with van der Waals surface area (Å²) in [5.41, 5.74) is 0.298. The fourth-order valence-electron chi connectivity index (χ4n) is 1.78. The van der Waals surface area contributed by atoms with E-state index in [2.05, 4.69) is 20.6 Å². The molecular weight excluding hydrogens is 204 g/mol. The molecule has 2 rings (SSSR count). The number of hydrogen-bond acceptors (Lipinski definition) is 5. The van der Waals surface area contributed by atoms with Gasteiger partial charge in [0, 0.05) is 20.2 Å². The lowest BCUT2D eigenvalue weighted by molar-refractivity contribution is 0.253. The highest BCUT2D eigenvalue weighted by Gasteiger charge is 2.41. The van der Waals surface area contributed by atoms with Gasteiger partial charge in [-0.3, -0.25) is 4.98 Å². The molecule has 1 aromatic rings. The van der Waals surface area contributed by atoms with Crippen LogP contribution in [0.4, 0.5) is 11.6 Å². The van der Waals surface area contributed by atoms with E-state index >= 15 is 0 Å². The zero-order valence-corrected chi connectivity index (χ0v) is 9.53. The average molecular weight is 222 g/mol. The number of nitrogens with zero attached hydrogens (tertiary/aromatic N) is 2. The van der Waals surface area contributed by atoms with Crippen molar-refractivity contribution < 1.29 is 5.11 Å². The smallest absolute Gasteiger partial charge is 0.146 e. The van der Waals surface area contributed by atoms with Crippen LogP contribution in [0.5, 0.6) is 0 Å². The summed E-state index contributed by atoms with van der Waals surface area (Å²) in [6, 6.07) is 0. The summed E-state index contributed by atoms with van der Waals surface area (Å²) in [6.07, 6.45) is 6.67. The Morgan fingerprint density at radius 2 is 2.12 bits per heavy atom. The summed E-state index contributed by atoms with van der Waals surface area (Å²) in [6.45, 7) is 1.14. The van der Waals surface area contributed by atoms with Crippen molar-refractivity contribution in [2.45, 2.75) is 19.3 Å². The molecule has 1 saturated carbocycles. The third kappa shape index (κ3) is 2.61. The minimum Gasteiger partial charge on any atom is -0.396 e. The molecule has 0 amide bonds. The number of aliphatic hydroxyl groups is 1. The van der Waals surface area contributed by atoms with Gasteiger partial charge in [0.1, 0.15) is 11.6 Å². The van der Waals surface area contributed by atoms with Crippen LogP contribution in [0, 0.1) is 5.41 Å². The number of rotatable bonds is 6. The van der Waals surface area contributed by atoms with Gasteiger partial charge in [0.25, 0.3) is 0 Å². The fraction of sp³-hybridized carbons (Fsp3) is 0.636. The molecule has 0 aliphatic heterocycles. The topological polar surface area (TPSA) is 70.1 Å². The van der Waals surface area contributed by atoms with Crippen molar-refractivity contribution in [3.05, 3.63) is 12.4 Å². The quantitative estimate of drug-likeness (QED) is 0.672.